The van der Waals surface area contributed by atoms with Gasteiger partial charge in [-0.2, -0.15) is 0 Å². The Kier molecular flexibility index (Phi) is 6.02. The van der Waals surface area contributed by atoms with Gasteiger partial charge in [0.1, 0.15) is 0 Å². The largest absolute Gasteiger partial charge is 0.348 e. The number of hydrogen-bond donors (Lipinski definition) is 2. The molecule has 7 nitrogen and oxygen atoms in total. The molecule has 2 aromatic rings. The van der Waals surface area contributed by atoms with Crippen molar-refractivity contribution in [3.05, 3.63) is 47.3 Å². The highest BCUT2D eigenvalue weighted by molar-refractivity contribution is 5.92. The van der Waals surface area contributed by atoms with E-state index in [2.05, 4.69) is 57.0 Å². The van der Waals surface area contributed by atoms with Gasteiger partial charge in [-0.3, -0.25) is 9.69 Å². The highest BCUT2D eigenvalue weighted by Gasteiger charge is 2.23. The average molecular weight is 383 g/mol. The SMILES string of the molecule is Cc1ccccc1CN1CCC(NC(=O)c2cn(C3CCNCC3)nn2)CC1. The molecule has 2 aliphatic rings. The van der Waals surface area contributed by atoms with Crippen LogP contribution in [0.2, 0.25) is 0 Å². The summed E-state index contributed by atoms with van der Waals surface area (Å²) >= 11 is 0. The van der Waals surface area contributed by atoms with Crippen molar-refractivity contribution in [3.63, 3.8) is 0 Å². The second kappa shape index (κ2) is 8.84. The van der Waals surface area contributed by atoms with Crippen LogP contribution in [0.1, 0.15) is 53.3 Å². The number of nitrogens with one attached hydrogen (secondary N) is 2. The van der Waals surface area contributed by atoms with Gasteiger partial charge in [-0.25, -0.2) is 4.68 Å². The Morgan fingerprint density at radius 2 is 1.93 bits per heavy atom. The summed E-state index contributed by atoms with van der Waals surface area (Å²) in [5.41, 5.74) is 3.16. The van der Waals surface area contributed by atoms with Crippen LogP contribution in [0.5, 0.6) is 0 Å². The Bertz CT molecular complexity index is 790. The monoisotopic (exact) mass is 382 g/mol. The minimum Gasteiger partial charge on any atom is -0.348 e. The molecule has 2 N–H and O–H groups in total. The molecule has 0 unspecified atom stereocenters. The van der Waals surface area contributed by atoms with Crippen LogP contribution in [-0.4, -0.2) is 58.0 Å². The lowest BCUT2D eigenvalue weighted by atomic mass is 10.0. The van der Waals surface area contributed by atoms with E-state index in [1.54, 1.807) is 6.20 Å². The summed E-state index contributed by atoms with van der Waals surface area (Å²) in [5, 5.41) is 14.8. The maximum Gasteiger partial charge on any atom is 0.273 e. The van der Waals surface area contributed by atoms with Gasteiger partial charge in [0, 0.05) is 25.7 Å². The van der Waals surface area contributed by atoms with Crippen molar-refractivity contribution in [2.45, 2.75) is 51.2 Å². The third-order valence-corrected chi connectivity index (χ3v) is 6.00. The summed E-state index contributed by atoms with van der Waals surface area (Å²) in [6.45, 7) is 7.14. The van der Waals surface area contributed by atoms with E-state index in [9.17, 15) is 4.79 Å². The lowest BCUT2D eigenvalue weighted by molar-refractivity contribution is 0.0903. The number of nitrogens with zero attached hydrogens (tertiary/aromatic N) is 4. The lowest BCUT2D eigenvalue weighted by Crippen LogP contribution is -2.44. The first-order valence-corrected chi connectivity index (χ1v) is 10.4. The molecule has 4 rings (SSSR count). The van der Waals surface area contributed by atoms with Gasteiger partial charge in [0.05, 0.1) is 12.2 Å². The van der Waals surface area contributed by atoms with Gasteiger partial charge in [-0.15, -0.1) is 5.10 Å². The van der Waals surface area contributed by atoms with Crippen molar-refractivity contribution in [1.29, 1.82) is 0 Å². The maximum atomic E-state index is 12.6. The minimum atomic E-state index is -0.0995. The van der Waals surface area contributed by atoms with E-state index < -0.39 is 0 Å². The molecule has 2 saturated heterocycles. The highest BCUT2D eigenvalue weighted by Crippen LogP contribution is 2.18. The van der Waals surface area contributed by atoms with Crippen LogP contribution in [0.25, 0.3) is 0 Å². The standard InChI is InChI=1S/C21H30N6O/c1-16-4-2-3-5-17(16)14-26-12-8-18(9-13-26)23-21(28)20-15-27(25-24-20)19-6-10-22-11-7-19/h2-5,15,18-19,22H,6-14H2,1H3,(H,23,28). The molecule has 0 saturated carbocycles. The van der Waals surface area contributed by atoms with Crippen molar-refractivity contribution in [3.8, 4) is 0 Å². The summed E-state index contributed by atoms with van der Waals surface area (Å²) in [5.74, 6) is -0.0995. The quantitative estimate of drug-likeness (QED) is 0.826. The summed E-state index contributed by atoms with van der Waals surface area (Å²) in [7, 11) is 0. The number of likely N-dealkylation sites (tertiary alicyclic amines) is 1. The molecule has 7 heteroatoms. The highest BCUT2D eigenvalue weighted by atomic mass is 16.2. The van der Waals surface area contributed by atoms with Crippen LogP contribution in [0, 0.1) is 6.92 Å². The molecular weight excluding hydrogens is 352 g/mol. The smallest absolute Gasteiger partial charge is 0.273 e. The van der Waals surface area contributed by atoms with Crippen LogP contribution >= 0.6 is 0 Å². The van der Waals surface area contributed by atoms with Crippen LogP contribution in [-0.2, 0) is 6.54 Å². The first kappa shape index (κ1) is 19.1. The van der Waals surface area contributed by atoms with E-state index in [0.717, 1.165) is 58.4 Å². The zero-order valence-corrected chi connectivity index (χ0v) is 16.6. The molecule has 1 amide bonds. The van der Waals surface area contributed by atoms with Gasteiger partial charge in [-0.05, 0) is 56.8 Å². The Labute approximate surface area is 166 Å². The molecule has 1 aromatic carbocycles. The van der Waals surface area contributed by atoms with E-state index in [1.807, 2.05) is 4.68 Å². The van der Waals surface area contributed by atoms with Crippen molar-refractivity contribution in [1.82, 2.24) is 30.5 Å². The van der Waals surface area contributed by atoms with Crippen molar-refractivity contribution in [2.75, 3.05) is 26.2 Å². The molecule has 2 fully saturated rings. The van der Waals surface area contributed by atoms with Crippen LogP contribution < -0.4 is 10.6 Å². The number of carbonyl (C=O) groups excluding carboxylic acids is 1. The second-order valence-corrected chi connectivity index (χ2v) is 8.02. The first-order valence-electron chi connectivity index (χ1n) is 10.4. The molecule has 28 heavy (non-hydrogen) atoms. The number of aromatic nitrogens is 3. The predicted molar refractivity (Wildman–Crippen MR) is 108 cm³/mol. The van der Waals surface area contributed by atoms with Gasteiger partial charge < -0.3 is 10.6 Å². The third kappa shape index (κ3) is 4.59. The summed E-state index contributed by atoms with van der Waals surface area (Å²) < 4.78 is 1.86. The Hall–Kier alpha value is -2.25. The Balaban J connectivity index is 1.26. The van der Waals surface area contributed by atoms with Gasteiger partial charge in [0.15, 0.2) is 5.69 Å². The predicted octanol–water partition coefficient (Wildman–Crippen LogP) is 1.91. The number of rotatable bonds is 5. The van der Waals surface area contributed by atoms with Gasteiger partial charge in [0.25, 0.3) is 5.91 Å². The second-order valence-electron chi connectivity index (χ2n) is 8.02. The minimum absolute atomic E-state index is 0.0995. The molecule has 3 heterocycles. The number of hydrogen-bond acceptors (Lipinski definition) is 5. The van der Waals surface area contributed by atoms with Gasteiger partial charge >= 0.3 is 0 Å². The number of amides is 1. The lowest BCUT2D eigenvalue weighted by Gasteiger charge is -2.32. The van der Waals surface area contributed by atoms with Crippen molar-refractivity contribution < 1.29 is 4.79 Å². The van der Waals surface area contributed by atoms with Crippen LogP contribution in [0.4, 0.5) is 0 Å². The fraction of sp³-hybridized carbons (Fsp3) is 0.571. The number of carbonyl (C=O) groups is 1. The topological polar surface area (TPSA) is 75.1 Å². The normalized spacial score (nSPS) is 19.6. The molecule has 0 aliphatic carbocycles. The molecule has 1 aromatic heterocycles. The van der Waals surface area contributed by atoms with Gasteiger partial charge in [0.2, 0.25) is 0 Å². The number of benzene rings is 1. The summed E-state index contributed by atoms with van der Waals surface area (Å²) in [6, 6.07) is 9.12. The van der Waals surface area contributed by atoms with E-state index in [1.165, 1.54) is 11.1 Å². The van der Waals surface area contributed by atoms with Crippen LogP contribution in [0.3, 0.4) is 0 Å². The molecule has 2 aliphatic heterocycles. The Morgan fingerprint density at radius 1 is 1.18 bits per heavy atom. The van der Waals surface area contributed by atoms with Crippen molar-refractivity contribution >= 4 is 5.91 Å². The van der Waals surface area contributed by atoms with E-state index in [0.29, 0.717) is 11.7 Å². The first-order chi connectivity index (χ1) is 13.7. The number of piperidine rings is 2. The van der Waals surface area contributed by atoms with E-state index in [4.69, 9.17) is 0 Å². The molecule has 0 radical (unpaired) electrons. The Morgan fingerprint density at radius 3 is 2.68 bits per heavy atom. The molecule has 0 spiro atoms. The molecule has 0 atom stereocenters. The van der Waals surface area contributed by atoms with E-state index >= 15 is 0 Å². The molecular formula is C21H30N6O. The zero-order valence-electron chi connectivity index (χ0n) is 16.6. The fourth-order valence-corrected chi connectivity index (χ4v) is 4.15. The van der Waals surface area contributed by atoms with Crippen LogP contribution in [0.15, 0.2) is 30.5 Å². The zero-order chi connectivity index (χ0) is 19.3. The summed E-state index contributed by atoms with van der Waals surface area (Å²) in [6.07, 6.45) is 5.81. The van der Waals surface area contributed by atoms with Gasteiger partial charge in [-0.1, -0.05) is 29.5 Å². The maximum absolute atomic E-state index is 12.6. The fourth-order valence-electron chi connectivity index (χ4n) is 4.15. The van der Waals surface area contributed by atoms with E-state index in [-0.39, 0.29) is 11.9 Å². The third-order valence-electron chi connectivity index (χ3n) is 6.00. The number of aryl methyl sites for hydroxylation is 1. The van der Waals surface area contributed by atoms with Crippen molar-refractivity contribution in [2.24, 2.45) is 0 Å². The average Bonchev–Trinajstić information content (AvgIpc) is 3.22. The molecule has 150 valence electrons. The summed E-state index contributed by atoms with van der Waals surface area (Å²) in [4.78, 5) is 15.0. The molecule has 0 bridgehead atoms.